The molecule has 0 atom stereocenters. The lowest BCUT2D eigenvalue weighted by atomic mass is 9.63. The van der Waals surface area contributed by atoms with E-state index in [2.05, 4.69) is 0 Å². The van der Waals surface area contributed by atoms with Gasteiger partial charge in [-0.05, 0) is 79.8 Å². The molecule has 0 aromatic heterocycles. The maximum absolute atomic E-state index is 13.7. The maximum Gasteiger partial charge on any atom is 0.429 e. The van der Waals surface area contributed by atoms with E-state index >= 15 is 0 Å². The quantitative estimate of drug-likeness (QED) is 0.553. The van der Waals surface area contributed by atoms with Gasteiger partial charge >= 0.3 is 21.4 Å². The molecule has 0 bridgehead atoms. The van der Waals surface area contributed by atoms with Gasteiger partial charge in [-0.3, -0.25) is 0 Å². The summed E-state index contributed by atoms with van der Waals surface area (Å²) in [5, 5.41) is 0. The molecule has 1 fully saturated rings. The van der Waals surface area contributed by atoms with Crippen LogP contribution in [-0.2, 0) is 13.7 Å². The van der Waals surface area contributed by atoms with Gasteiger partial charge in [0.1, 0.15) is 17.0 Å². The highest BCUT2D eigenvalue weighted by Gasteiger charge is 2.41. The largest absolute Gasteiger partial charge is 0.453 e. The van der Waals surface area contributed by atoms with Gasteiger partial charge in [0.15, 0.2) is 0 Å². The Morgan fingerprint density at radius 2 is 0.750 bits per heavy atom. The van der Waals surface area contributed by atoms with Crippen molar-refractivity contribution in [1.82, 2.24) is 0 Å². The molecule has 0 saturated carbocycles. The molecule has 0 N–H and O–H groups in total. The maximum atomic E-state index is 13.7. The third-order valence-electron chi connectivity index (χ3n) is 3.83. The van der Waals surface area contributed by atoms with E-state index < -0.39 is 38.4 Å². The van der Waals surface area contributed by atoms with Crippen molar-refractivity contribution in [2.75, 3.05) is 0 Å². The normalized spacial score (nSPS) is 17.6. The number of rotatable bonds is 9. The Kier molecular flexibility index (Phi) is 7.76. The molecule has 0 spiro atoms. The van der Waals surface area contributed by atoms with E-state index in [-0.39, 0.29) is 19.3 Å². The SMILES string of the molecule is CC(C)(F)CCB1OB(CCC(C)(C)F)OB(CCC(C)(C)F)O1. The monoisotopic (exact) mass is 348 g/mol. The van der Waals surface area contributed by atoms with Crippen LogP contribution in [0.2, 0.25) is 19.0 Å². The van der Waals surface area contributed by atoms with Crippen LogP contribution in [0.4, 0.5) is 13.2 Å². The van der Waals surface area contributed by atoms with Gasteiger partial charge in [-0.25, -0.2) is 13.2 Å². The van der Waals surface area contributed by atoms with Gasteiger partial charge in [0, 0.05) is 0 Å². The summed E-state index contributed by atoms with van der Waals surface area (Å²) in [5.41, 5.74) is -3.96. The van der Waals surface area contributed by atoms with Crippen molar-refractivity contribution in [3.63, 3.8) is 0 Å². The molecule has 24 heavy (non-hydrogen) atoms. The molecule has 0 aromatic rings. The third kappa shape index (κ3) is 10.7. The first-order valence-electron chi connectivity index (χ1n) is 8.77. The third-order valence-corrected chi connectivity index (χ3v) is 3.83. The first-order valence-corrected chi connectivity index (χ1v) is 8.77. The lowest BCUT2D eigenvalue weighted by Gasteiger charge is -2.33. The molecule has 1 aliphatic heterocycles. The highest BCUT2D eigenvalue weighted by Crippen LogP contribution is 2.27. The van der Waals surface area contributed by atoms with E-state index in [0.29, 0.717) is 19.0 Å². The Morgan fingerprint density at radius 3 is 0.917 bits per heavy atom. The molecular formula is C15H30B3F3O3. The van der Waals surface area contributed by atoms with Crippen molar-refractivity contribution in [3.05, 3.63) is 0 Å². The fraction of sp³-hybridized carbons (Fsp3) is 1.00. The molecule has 9 heteroatoms. The Morgan fingerprint density at radius 1 is 0.542 bits per heavy atom. The topological polar surface area (TPSA) is 27.7 Å². The van der Waals surface area contributed by atoms with Crippen molar-refractivity contribution >= 4 is 21.4 Å². The molecule has 0 amide bonds. The van der Waals surface area contributed by atoms with Crippen LogP contribution in [0.1, 0.15) is 60.8 Å². The zero-order valence-electron chi connectivity index (χ0n) is 15.8. The summed E-state index contributed by atoms with van der Waals surface area (Å²) >= 11 is 0. The first kappa shape index (κ1) is 21.9. The van der Waals surface area contributed by atoms with E-state index in [1.54, 1.807) is 0 Å². The van der Waals surface area contributed by atoms with Gasteiger partial charge in [-0.15, -0.1) is 0 Å². The Balaban J connectivity index is 2.60. The van der Waals surface area contributed by atoms with Gasteiger partial charge in [-0.1, -0.05) is 0 Å². The Hall–Kier alpha value is -0.135. The van der Waals surface area contributed by atoms with Gasteiger partial charge in [0.2, 0.25) is 0 Å². The fourth-order valence-corrected chi connectivity index (χ4v) is 2.40. The lowest BCUT2D eigenvalue weighted by molar-refractivity contribution is 0.189. The van der Waals surface area contributed by atoms with E-state index in [1.807, 2.05) is 0 Å². The van der Waals surface area contributed by atoms with Crippen LogP contribution >= 0.6 is 0 Å². The second-order valence-corrected chi connectivity index (χ2v) is 8.47. The van der Waals surface area contributed by atoms with E-state index in [0.717, 1.165) is 0 Å². The number of hydrogen-bond donors (Lipinski definition) is 0. The predicted molar refractivity (Wildman–Crippen MR) is 94.4 cm³/mol. The summed E-state index contributed by atoms with van der Waals surface area (Å²) in [5.74, 6) is 0. The number of halogens is 3. The molecule has 0 unspecified atom stereocenters. The predicted octanol–water partition coefficient (Wildman–Crippen LogP) is 4.93. The minimum atomic E-state index is -1.32. The zero-order chi connectivity index (χ0) is 18.6. The summed E-state index contributed by atoms with van der Waals surface area (Å²) in [7, 11) is -1.85. The molecule has 1 aliphatic rings. The second-order valence-electron chi connectivity index (χ2n) is 8.47. The lowest BCUT2D eigenvalue weighted by Crippen LogP contribution is -2.49. The molecule has 0 aliphatic carbocycles. The molecule has 3 nitrogen and oxygen atoms in total. The minimum Gasteiger partial charge on any atom is -0.453 e. The average Bonchev–Trinajstić information content (AvgIpc) is 2.38. The van der Waals surface area contributed by atoms with Crippen LogP contribution < -0.4 is 0 Å². The summed E-state index contributed by atoms with van der Waals surface area (Å²) in [4.78, 5) is 0. The second kappa shape index (κ2) is 8.50. The van der Waals surface area contributed by atoms with E-state index in [1.165, 1.54) is 41.5 Å². The molecule has 0 radical (unpaired) electrons. The number of alkyl halides is 3. The van der Waals surface area contributed by atoms with Crippen LogP contribution in [0.25, 0.3) is 0 Å². The molecule has 1 rings (SSSR count). The van der Waals surface area contributed by atoms with Crippen molar-refractivity contribution in [1.29, 1.82) is 0 Å². The smallest absolute Gasteiger partial charge is 0.429 e. The number of hydrogen-bond acceptors (Lipinski definition) is 3. The Bertz CT molecular complexity index is 318. The zero-order valence-corrected chi connectivity index (χ0v) is 15.8. The van der Waals surface area contributed by atoms with Crippen LogP contribution in [0, 0.1) is 0 Å². The Labute approximate surface area is 145 Å². The standard InChI is InChI=1S/C15H30B3F3O3/c1-13(2,19)7-10-16-22-17(11-8-14(3,4)20)24-18(23-16)12-9-15(5,6)21/h7-12H2,1-6H3. The van der Waals surface area contributed by atoms with Crippen LogP contribution in [0.15, 0.2) is 0 Å². The average molecular weight is 348 g/mol. The first-order chi connectivity index (χ1) is 10.7. The molecule has 138 valence electrons. The van der Waals surface area contributed by atoms with E-state index in [4.69, 9.17) is 13.7 Å². The van der Waals surface area contributed by atoms with Crippen molar-refractivity contribution < 1.29 is 26.9 Å². The highest BCUT2D eigenvalue weighted by atomic mass is 19.2. The van der Waals surface area contributed by atoms with Crippen molar-refractivity contribution in [2.45, 2.75) is 96.8 Å². The van der Waals surface area contributed by atoms with Gasteiger partial charge < -0.3 is 13.7 Å². The fourth-order valence-electron chi connectivity index (χ4n) is 2.40. The molecule has 1 heterocycles. The summed E-state index contributed by atoms with van der Waals surface area (Å²) in [6, 6.07) is 0. The molecule has 0 aromatic carbocycles. The van der Waals surface area contributed by atoms with Crippen LogP contribution in [0.3, 0.4) is 0 Å². The van der Waals surface area contributed by atoms with Gasteiger partial charge in [-0.2, -0.15) is 0 Å². The van der Waals surface area contributed by atoms with Crippen molar-refractivity contribution in [3.8, 4) is 0 Å². The van der Waals surface area contributed by atoms with Crippen molar-refractivity contribution in [2.24, 2.45) is 0 Å². The molecular weight excluding hydrogens is 318 g/mol. The highest BCUT2D eigenvalue weighted by molar-refractivity contribution is 6.73. The minimum absolute atomic E-state index is 0.278. The summed E-state index contributed by atoms with van der Waals surface area (Å²) < 4.78 is 58.1. The summed E-state index contributed by atoms with van der Waals surface area (Å²) in [6.45, 7) is 8.99. The van der Waals surface area contributed by atoms with Crippen LogP contribution in [0.5, 0.6) is 0 Å². The van der Waals surface area contributed by atoms with E-state index in [9.17, 15) is 13.2 Å². The van der Waals surface area contributed by atoms with Crippen LogP contribution in [-0.4, -0.2) is 38.4 Å². The summed E-state index contributed by atoms with van der Waals surface area (Å²) in [6.07, 6.45) is 1.95. The van der Waals surface area contributed by atoms with Gasteiger partial charge in [0.25, 0.3) is 0 Å². The molecule has 1 saturated heterocycles. The van der Waals surface area contributed by atoms with Gasteiger partial charge in [0.05, 0.1) is 0 Å².